The molecule has 116 valence electrons. The molecule has 0 aliphatic rings. The molecule has 0 heterocycles. The van der Waals surface area contributed by atoms with Gasteiger partial charge in [0.05, 0.1) is 0 Å². The predicted octanol–water partition coefficient (Wildman–Crippen LogP) is 3.34. The fraction of sp³-hybridized carbons (Fsp3) is 0.316. The van der Waals surface area contributed by atoms with Gasteiger partial charge in [0.25, 0.3) is 5.91 Å². The van der Waals surface area contributed by atoms with Crippen LogP contribution in [0, 0.1) is 13.8 Å². The number of hydrogen-bond donors (Lipinski definition) is 1. The first-order valence-corrected chi connectivity index (χ1v) is 7.59. The van der Waals surface area contributed by atoms with Crippen molar-refractivity contribution in [2.24, 2.45) is 0 Å². The fourth-order valence-electron chi connectivity index (χ4n) is 2.44. The summed E-state index contributed by atoms with van der Waals surface area (Å²) < 4.78 is 0. The van der Waals surface area contributed by atoms with Crippen LogP contribution in [0.25, 0.3) is 0 Å². The molecule has 22 heavy (non-hydrogen) atoms. The minimum Gasteiger partial charge on any atom is -0.378 e. The van der Waals surface area contributed by atoms with Crippen molar-refractivity contribution in [3.05, 3.63) is 64.7 Å². The molecule has 3 nitrogen and oxygen atoms in total. The van der Waals surface area contributed by atoms with E-state index in [1.807, 2.05) is 46.1 Å². The van der Waals surface area contributed by atoms with Crippen molar-refractivity contribution < 1.29 is 4.79 Å². The number of carbonyl (C=O) groups excluding carboxylic acids is 1. The van der Waals surface area contributed by atoms with E-state index in [-0.39, 0.29) is 5.91 Å². The quantitative estimate of drug-likeness (QED) is 0.918. The number of rotatable bonds is 5. The van der Waals surface area contributed by atoms with Gasteiger partial charge in [0.2, 0.25) is 0 Å². The molecule has 2 rings (SSSR count). The normalized spacial score (nSPS) is 10.4. The first-order valence-electron chi connectivity index (χ1n) is 7.59. The molecule has 0 saturated carbocycles. The van der Waals surface area contributed by atoms with Gasteiger partial charge in [-0.1, -0.05) is 29.8 Å². The number of aryl methyl sites for hydroxylation is 2. The minimum atomic E-state index is 0.00223. The van der Waals surface area contributed by atoms with E-state index >= 15 is 0 Å². The monoisotopic (exact) mass is 296 g/mol. The molecule has 0 unspecified atom stereocenters. The van der Waals surface area contributed by atoms with Gasteiger partial charge in [-0.05, 0) is 49.6 Å². The van der Waals surface area contributed by atoms with Crippen LogP contribution in [0.1, 0.15) is 27.0 Å². The molecule has 2 aromatic rings. The first-order chi connectivity index (χ1) is 10.5. The molecule has 1 N–H and O–H groups in total. The Balaban J connectivity index is 1.89. The van der Waals surface area contributed by atoms with E-state index in [4.69, 9.17) is 0 Å². The Labute approximate surface area is 133 Å². The van der Waals surface area contributed by atoms with Crippen LogP contribution in [0.2, 0.25) is 0 Å². The summed E-state index contributed by atoms with van der Waals surface area (Å²) in [6, 6.07) is 14.3. The van der Waals surface area contributed by atoms with Crippen LogP contribution < -0.4 is 10.2 Å². The minimum absolute atomic E-state index is 0.00223. The van der Waals surface area contributed by atoms with Crippen LogP contribution in [-0.2, 0) is 6.42 Å². The highest BCUT2D eigenvalue weighted by atomic mass is 16.1. The van der Waals surface area contributed by atoms with E-state index < -0.39 is 0 Å². The van der Waals surface area contributed by atoms with Crippen molar-refractivity contribution in [1.29, 1.82) is 0 Å². The van der Waals surface area contributed by atoms with Crippen LogP contribution in [-0.4, -0.2) is 26.5 Å². The third-order valence-electron chi connectivity index (χ3n) is 3.78. The Morgan fingerprint density at radius 1 is 1.05 bits per heavy atom. The van der Waals surface area contributed by atoms with Crippen molar-refractivity contribution in [2.45, 2.75) is 20.3 Å². The highest BCUT2D eigenvalue weighted by Gasteiger charge is 2.08. The van der Waals surface area contributed by atoms with Gasteiger partial charge in [-0.25, -0.2) is 0 Å². The van der Waals surface area contributed by atoms with Gasteiger partial charge in [0, 0.05) is 31.9 Å². The van der Waals surface area contributed by atoms with Crippen molar-refractivity contribution in [3.8, 4) is 0 Å². The zero-order valence-electron chi connectivity index (χ0n) is 13.8. The fourth-order valence-corrected chi connectivity index (χ4v) is 2.44. The highest BCUT2D eigenvalue weighted by Crippen LogP contribution is 2.13. The van der Waals surface area contributed by atoms with Crippen molar-refractivity contribution in [2.75, 3.05) is 25.5 Å². The summed E-state index contributed by atoms with van der Waals surface area (Å²) >= 11 is 0. The SMILES string of the molecule is Cc1ccc(C(=O)NCCc2ccc(N(C)C)cc2)c(C)c1. The maximum absolute atomic E-state index is 12.2. The van der Waals surface area contributed by atoms with E-state index in [1.165, 1.54) is 16.8 Å². The Morgan fingerprint density at radius 3 is 2.32 bits per heavy atom. The molecule has 1 amide bonds. The topological polar surface area (TPSA) is 32.3 Å². The number of nitrogens with one attached hydrogen (secondary N) is 1. The van der Waals surface area contributed by atoms with Crippen molar-refractivity contribution >= 4 is 11.6 Å². The molecule has 0 fully saturated rings. The summed E-state index contributed by atoms with van der Waals surface area (Å²) in [5, 5.41) is 3.00. The lowest BCUT2D eigenvalue weighted by atomic mass is 10.1. The Kier molecular flexibility index (Phi) is 5.21. The Morgan fingerprint density at radius 2 is 1.73 bits per heavy atom. The number of hydrogen-bond acceptors (Lipinski definition) is 2. The first kappa shape index (κ1) is 16.1. The second kappa shape index (κ2) is 7.12. The van der Waals surface area contributed by atoms with Gasteiger partial charge in [0.15, 0.2) is 0 Å². The van der Waals surface area contributed by atoms with E-state index in [0.29, 0.717) is 6.54 Å². The summed E-state index contributed by atoms with van der Waals surface area (Å²) in [6.45, 7) is 4.65. The number of nitrogens with zero attached hydrogens (tertiary/aromatic N) is 1. The van der Waals surface area contributed by atoms with E-state index in [9.17, 15) is 4.79 Å². The van der Waals surface area contributed by atoms with E-state index in [1.54, 1.807) is 0 Å². The number of anilines is 1. The molecule has 0 aliphatic heterocycles. The molecule has 0 aliphatic carbocycles. The van der Waals surface area contributed by atoms with Gasteiger partial charge in [-0.3, -0.25) is 4.79 Å². The molecule has 0 aromatic heterocycles. The summed E-state index contributed by atoms with van der Waals surface area (Å²) in [7, 11) is 4.05. The van der Waals surface area contributed by atoms with Gasteiger partial charge < -0.3 is 10.2 Å². The lowest BCUT2D eigenvalue weighted by Gasteiger charge is -2.13. The number of carbonyl (C=O) groups is 1. The summed E-state index contributed by atoms with van der Waals surface area (Å²) in [6.07, 6.45) is 0.838. The maximum Gasteiger partial charge on any atom is 0.251 e. The third-order valence-corrected chi connectivity index (χ3v) is 3.78. The van der Waals surface area contributed by atoms with Gasteiger partial charge in [-0.2, -0.15) is 0 Å². The van der Waals surface area contributed by atoms with Crippen LogP contribution in [0.15, 0.2) is 42.5 Å². The van der Waals surface area contributed by atoms with Crippen LogP contribution in [0.3, 0.4) is 0 Å². The molecule has 0 bridgehead atoms. The van der Waals surface area contributed by atoms with Crippen molar-refractivity contribution in [3.63, 3.8) is 0 Å². The molecule has 0 radical (unpaired) electrons. The largest absolute Gasteiger partial charge is 0.378 e. The average Bonchev–Trinajstić information content (AvgIpc) is 2.47. The highest BCUT2D eigenvalue weighted by molar-refractivity contribution is 5.95. The van der Waals surface area contributed by atoms with E-state index in [0.717, 1.165) is 17.5 Å². The van der Waals surface area contributed by atoms with E-state index in [2.05, 4.69) is 34.5 Å². The van der Waals surface area contributed by atoms with Crippen LogP contribution in [0.5, 0.6) is 0 Å². The number of benzene rings is 2. The van der Waals surface area contributed by atoms with Gasteiger partial charge >= 0.3 is 0 Å². The molecule has 0 spiro atoms. The van der Waals surface area contributed by atoms with Gasteiger partial charge in [0.1, 0.15) is 0 Å². The second-order valence-electron chi connectivity index (χ2n) is 5.89. The van der Waals surface area contributed by atoms with Crippen LogP contribution in [0.4, 0.5) is 5.69 Å². The second-order valence-corrected chi connectivity index (χ2v) is 5.89. The summed E-state index contributed by atoms with van der Waals surface area (Å²) in [5.41, 5.74) is 5.37. The molecule has 2 aromatic carbocycles. The van der Waals surface area contributed by atoms with Crippen molar-refractivity contribution in [1.82, 2.24) is 5.32 Å². The molecule has 0 atom stereocenters. The average molecular weight is 296 g/mol. The molecule has 3 heteroatoms. The molecular formula is C19H24N2O. The maximum atomic E-state index is 12.2. The molecule has 0 saturated heterocycles. The standard InChI is InChI=1S/C19H24N2O/c1-14-5-10-18(15(2)13-14)19(22)20-12-11-16-6-8-17(9-7-16)21(3)4/h5-10,13H,11-12H2,1-4H3,(H,20,22). The zero-order chi connectivity index (χ0) is 16.1. The lowest BCUT2D eigenvalue weighted by Crippen LogP contribution is -2.26. The lowest BCUT2D eigenvalue weighted by molar-refractivity contribution is 0.0953. The number of amides is 1. The van der Waals surface area contributed by atoms with Gasteiger partial charge in [-0.15, -0.1) is 0 Å². The Hall–Kier alpha value is -2.29. The summed E-state index contributed by atoms with van der Waals surface area (Å²) in [4.78, 5) is 14.3. The van der Waals surface area contributed by atoms with Crippen LogP contribution >= 0.6 is 0 Å². The molecular weight excluding hydrogens is 272 g/mol. The zero-order valence-corrected chi connectivity index (χ0v) is 13.8. The smallest absolute Gasteiger partial charge is 0.251 e. The predicted molar refractivity (Wildman–Crippen MR) is 92.7 cm³/mol. The third kappa shape index (κ3) is 4.10. The Bertz CT molecular complexity index is 645. The summed E-state index contributed by atoms with van der Waals surface area (Å²) in [5.74, 6) is 0.00223.